The van der Waals surface area contributed by atoms with Crippen molar-refractivity contribution in [3.05, 3.63) is 66.0 Å². The first-order valence-electron chi connectivity index (χ1n) is 9.10. The van der Waals surface area contributed by atoms with E-state index < -0.39 is 28.3 Å². The van der Waals surface area contributed by atoms with E-state index in [4.69, 9.17) is 0 Å². The molecule has 1 N–H and O–H groups in total. The molecule has 0 aliphatic rings. The molecular formula is C21H26FN3O3S. The monoisotopic (exact) mass is 419 g/mol. The molecular weight excluding hydrogens is 393 g/mol. The van der Waals surface area contributed by atoms with Gasteiger partial charge in [-0.3, -0.25) is 9.10 Å². The van der Waals surface area contributed by atoms with Gasteiger partial charge in [-0.2, -0.15) is 5.10 Å². The summed E-state index contributed by atoms with van der Waals surface area (Å²) in [6.45, 7) is 5.37. The van der Waals surface area contributed by atoms with E-state index in [0.717, 1.165) is 22.2 Å². The lowest BCUT2D eigenvalue weighted by Crippen LogP contribution is -2.39. The summed E-state index contributed by atoms with van der Waals surface area (Å²) in [6.07, 6.45) is 1.52. The predicted octanol–water partition coefficient (Wildman–Crippen LogP) is 3.45. The fourth-order valence-electron chi connectivity index (χ4n) is 3.03. The van der Waals surface area contributed by atoms with Crippen LogP contribution >= 0.6 is 0 Å². The smallest absolute Gasteiger partial charge is 0.260 e. The van der Waals surface area contributed by atoms with Crippen LogP contribution in [0.25, 0.3) is 0 Å². The van der Waals surface area contributed by atoms with Gasteiger partial charge < -0.3 is 0 Å². The molecule has 0 aliphatic carbocycles. The Balaban J connectivity index is 2.07. The fourth-order valence-corrected chi connectivity index (χ4v) is 3.89. The molecule has 0 bridgehead atoms. The number of hydrogen-bond acceptors (Lipinski definition) is 4. The number of sulfonamides is 1. The fraction of sp³-hybridized carbons (Fsp3) is 0.333. The van der Waals surface area contributed by atoms with Crippen molar-refractivity contribution in [2.45, 2.75) is 32.6 Å². The molecule has 0 fully saturated rings. The molecule has 0 radical (unpaired) electrons. The number of halogens is 1. The second-order valence-electron chi connectivity index (χ2n) is 7.53. The van der Waals surface area contributed by atoms with Gasteiger partial charge in [-0.1, -0.05) is 56.3 Å². The molecule has 29 heavy (non-hydrogen) atoms. The highest BCUT2D eigenvalue weighted by Crippen LogP contribution is 2.27. The van der Waals surface area contributed by atoms with Crippen molar-refractivity contribution in [3.8, 4) is 0 Å². The van der Waals surface area contributed by atoms with Crippen LogP contribution in [-0.2, 0) is 20.2 Å². The molecule has 2 aromatic carbocycles. The summed E-state index contributed by atoms with van der Waals surface area (Å²) in [5, 5.41) is 4.09. The van der Waals surface area contributed by atoms with Crippen molar-refractivity contribution in [2.75, 3.05) is 17.1 Å². The number of amides is 1. The summed E-state index contributed by atoms with van der Waals surface area (Å²) in [5.41, 5.74) is 3.82. The van der Waals surface area contributed by atoms with Crippen LogP contribution in [0.1, 0.15) is 32.8 Å². The number of benzene rings is 2. The van der Waals surface area contributed by atoms with E-state index in [-0.39, 0.29) is 11.1 Å². The lowest BCUT2D eigenvalue weighted by Gasteiger charge is -2.25. The molecule has 1 amide bonds. The standard InChI is InChI=1S/C21H26FN3O3S/c1-16(14-21(2,3)17-10-6-5-7-11-17)23-24-20(26)15-25(29(4,27)28)19-13-9-8-12-18(19)22/h5-13H,14-15H2,1-4H3,(H,24,26)/b23-16-. The average molecular weight is 420 g/mol. The Labute approximate surface area is 171 Å². The van der Waals surface area contributed by atoms with Gasteiger partial charge in [0, 0.05) is 5.71 Å². The highest BCUT2D eigenvalue weighted by molar-refractivity contribution is 7.92. The Bertz CT molecular complexity index is 989. The highest BCUT2D eigenvalue weighted by atomic mass is 32.2. The Morgan fingerprint density at radius 2 is 1.69 bits per heavy atom. The zero-order chi connectivity index (χ0) is 21.7. The maximum atomic E-state index is 14.0. The van der Waals surface area contributed by atoms with Crippen molar-refractivity contribution in [1.82, 2.24) is 5.43 Å². The van der Waals surface area contributed by atoms with Crippen LogP contribution in [0.4, 0.5) is 10.1 Å². The van der Waals surface area contributed by atoms with Gasteiger partial charge >= 0.3 is 0 Å². The van der Waals surface area contributed by atoms with E-state index in [1.807, 2.05) is 30.3 Å². The summed E-state index contributed by atoms with van der Waals surface area (Å²) in [4.78, 5) is 12.3. The number of nitrogens with one attached hydrogen (secondary N) is 1. The number of carbonyl (C=O) groups excluding carboxylic acids is 1. The van der Waals surface area contributed by atoms with Gasteiger partial charge in [0.15, 0.2) is 0 Å². The van der Waals surface area contributed by atoms with Crippen molar-refractivity contribution >= 4 is 27.3 Å². The second-order valence-corrected chi connectivity index (χ2v) is 9.44. The molecule has 8 heteroatoms. The number of para-hydroxylation sites is 1. The molecule has 0 unspecified atom stereocenters. The predicted molar refractivity (Wildman–Crippen MR) is 114 cm³/mol. The number of nitrogens with zero attached hydrogens (tertiary/aromatic N) is 2. The minimum absolute atomic E-state index is 0.184. The summed E-state index contributed by atoms with van der Waals surface area (Å²) in [6, 6.07) is 15.3. The number of carbonyl (C=O) groups is 1. The van der Waals surface area contributed by atoms with Crippen LogP contribution in [0, 0.1) is 5.82 Å². The van der Waals surface area contributed by atoms with Crippen molar-refractivity contribution < 1.29 is 17.6 Å². The first kappa shape index (κ1) is 22.5. The van der Waals surface area contributed by atoms with Gasteiger partial charge in [-0.15, -0.1) is 0 Å². The van der Waals surface area contributed by atoms with E-state index in [1.165, 1.54) is 18.2 Å². The van der Waals surface area contributed by atoms with Crippen LogP contribution < -0.4 is 9.73 Å². The first-order valence-corrected chi connectivity index (χ1v) is 11.0. The number of hydrogen-bond donors (Lipinski definition) is 1. The van der Waals surface area contributed by atoms with E-state index in [0.29, 0.717) is 12.1 Å². The highest BCUT2D eigenvalue weighted by Gasteiger charge is 2.24. The largest absolute Gasteiger partial charge is 0.271 e. The quantitative estimate of drug-likeness (QED) is 0.526. The number of anilines is 1. The number of rotatable bonds is 8. The normalized spacial score (nSPS) is 12.5. The second kappa shape index (κ2) is 9.17. The van der Waals surface area contributed by atoms with E-state index >= 15 is 0 Å². The third-order valence-corrected chi connectivity index (χ3v) is 5.56. The molecule has 0 aromatic heterocycles. The summed E-state index contributed by atoms with van der Waals surface area (Å²) >= 11 is 0. The Morgan fingerprint density at radius 3 is 2.28 bits per heavy atom. The Morgan fingerprint density at radius 1 is 1.10 bits per heavy atom. The molecule has 156 valence electrons. The van der Waals surface area contributed by atoms with Crippen molar-refractivity contribution in [3.63, 3.8) is 0 Å². The van der Waals surface area contributed by atoms with Crippen LogP contribution in [0.3, 0.4) is 0 Å². The van der Waals surface area contributed by atoms with Gasteiger partial charge in [0.2, 0.25) is 10.0 Å². The molecule has 0 spiro atoms. The van der Waals surface area contributed by atoms with Gasteiger partial charge in [-0.05, 0) is 36.5 Å². The van der Waals surface area contributed by atoms with Gasteiger partial charge in [0.05, 0.1) is 11.9 Å². The van der Waals surface area contributed by atoms with Crippen LogP contribution in [0.15, 0.2) is 59.7 Å². The van der Waals surface area contributed by atoms with Crippen molar-refractivity contribution in [2.24, 2.45) is 5.10 Å². The average Bonchev–Trinajstić information content (AvgIpc) is 2.65. The minimum atomic E-state index is -3.85. The topological polar surface area (TPSA) is 78.8 Å². The summed E-state index contributed by atoms with van der Waals surface area (Å²) in [5.74, 6) is -1.38. The maximum Gasteiger partial charge on any atom is 0.260 e. The minimum Gasteiger partial charge on any atom is -0.271 e. The molecule has 6 nitrogen and oxygen atoms in total. The maximum absolute atomic E-state index is 14.0. The van der Waals surface area contributed by atoms with Gasteiger partial charge in [-0.25, -0.2) is 18.2 Å². The third kappa shape index (κ3) is 6.39. The molecule has 0 heterocycles. The molecule has 0 atom stereocenters. The van der Waals surface area contributed by atoms with E-state index in [1.54, 1.807) is 6.92 Å². The zero-order valence-corrected chi connectivity index (χ0v) is 17.8. The van der Waals surface area contributed by atoms with Crippen LogP contribution in [0.2, 0.25) is 0 Å². The van der Waals surface area contributed by atoms with Gasteiger partial charge in [0.1, 0.15) is 12.4 Å². The SMILES string of the molecule is C/C(CC(C)(C)c1ccccc1)=N/NC(=O)CN(c1ccccc1F)S(C)(=O)=O. The van der Waals surface area contributed by atoms with E-state index in [9.17, 15) is 17.6 Å². The Hall–Kier alpha value is -2.74. The zero-order valence-electron chi connectivity index (χ0n) is 17.0. The molecule has 0 saturated heterocycles. The summed E-state index contributed by atoms with van der Waals surface area (Å²) < 4.78 is 38.8. The van der Waals surface area contributed by atoms with Crippen molar-refractivity contribution in [1.29, 1.82) is 0 Å². The summed E-state index contributed by atoms with van der Waals surface area (Å²) in [7, 11) is -3.85. The molecule has 2 aromatic rings. The Kier molecular flexibility index (Phi) is 7.13. The van der Waals surface area contributed by atoms with E-state index in [2.05, 4.69) is 24.4 Å². The lowest BCUT2D eigenvalue weighted by molar-refractivity contribution is -0.119. The third-order valence-electron chi connectivity index (χ3n) is 4.43. The van der Waals surface area contributed by atoms with Crippen LogP contribution in [0.5, 0.6) is 0 Å². The first-order chi connectivity index (χ1) is 13.5. The lowest BCUT2D eigenvalue weighted by atomic mass is 9.80. The number of hydrazone groups is 1. The molecule has 2 rings (SSSR count). The molecule has 0 saturated carbocycles. The molecule has 0 aliphatic heterocycles. The van der Waals surface area contributed by atoms with Gasteiger partial charge in [0.25, 0.3) is 5.91 Å². The van der Waals surface area contributed by atoms with Crippen LogP contribution in [-0.4, -0.2) is 32.8 Å².